The molecule has 0 saturated carbocycles. The molecule has 2 fully saturated rings. The summed E-state index contributed by atoms with van der Waals surface area (Å²) >= 11 is 1.79. The molecule has 1 unspecified atom stereocenters. The Balaban J connectivity index is 1.32. The molecule has 3 heterocycles. The first-order valence-electron chi connectivity index (χ1n) is 19.0. The van der Waals surface area contributed by atoms with Crippen molar-refractivity contribution in [1.82, 2.24) is 0 Å². The summed E-state index contributed by atoms with van der Waals surface area (Å²) in [5.74, 6) is 0.922. The lowest BCUT2D eigenvalue weighted by atomic mass is 9.71. The van der Waals surface area contributed by atoms with Gasteiger partial charge in [-0.3, -0.25) is 0 Å². The molecule has 0 bridgehead atoms. The van der Waals surface area contributed by atoms with Gasteiger partial charge in [0.2, 0.25) is 0 Å². The summed E-state index contributed by atoms with van der Waals surface area (Å²) in [6.07, 6.45) is 8.64. The summed E-state index contributed by atoms with van der Waals surface area (Å²) in [4.78, 5) is 6.11. The molecule has 2 saturated heterocycles. The van der Waals surface area contributed by atoms with E-state index in [1.54, 1.807) is 11.8 Å². The van der Waals surface area contributed by atoms with Crippen LogP contribution in [0, 0.1) is 11.3 Å². The fourth-order valence-electron chi connectivity index (χ4n) is 9.40. The third-order valence-electron chi connectivity index (χ3n) is 12.2. The maximum Gasteiger partial charge on any atom is 0.178 e. The summed E-state index contributed by atoms with van der Waals surface area (Å²) in [6, 6.07) is 33.2. The van der Waals surface area contributed by atoms with Crippen molar-refractivity contribution in [1.29, 1.82) is 5.26 Å². The van der Waals surface area contributed by atoms with Gasteiger partial charge >= 0.3 is 0 Å². The van der Waals surface area contributed by atoms with Gasteiger partial charge in [-0.1, -0.05) is 68.5 Å². The lowest BCUT2D eigenvalue weighted by Gasteiger charge is -2.40. The Morgan fingerprint density at radius 3 is 2.11 bits per heavy atom. The van der Waals surface area contributed by atoms with Gasteiger partial charge in [-0.15, -0.1) is 11.8 Å². The normalized spacial score (nSPS) is 20.0. The number of anilines is 2. The van der Waals surface area contributed by atoms with Gasteiger partial charge < -0.3 is 24.0 Å². The van der Waals surface area contributed by atoms with Crippen LogP contribution >= 0.6 is 11.8 Å². The van der Waals surface area contributed by atoms with Crippen molar-refractivity contribution >= 4 is 40.0 Å². The maximum absolute atomic E-state index is 10.1. The molecule has 0 aromatic heterocycles. The van der Waals surface area contributed by atoms with Gasteiger partial charge in [-0.05, 0) is 89.2 Å². The number of ether oxygens (including phenoxy) is 3. The Bertz CT molecular complexity index is 2260. The van der Waals surface area contributed by atoms with Gasteiger partial charge in [0.25, 0.3) is 0 Å². The van der Waals surface area contributed by atoms with Gasteiger partial charge in [0, 0.05) is 64.3 Å². The zero-order chi connectivity index (χ0) is 36.2. The monoisotopic (exact) mass is 719 g/mol. The van der Waals surface area contributed by atoms with Crippen molar-refractivity contribution in [2.45, 2.75) is 42.6 Å². The average Bonchev–Trinajstić information content (AvgIpc) is 3.54. The number of rotatable bonds is 7. The molecule has 0 spiro atoms. The van der Waals surface area contributed by atoms with Crippen molar-refractivity contribution in [3.05, 3.63) is 124 Å². The molecule has 1 atom stereocenters. The van der Waals surface area contributed by atoms with Crippen LogP contribution in [0.2, 0.25) is 0 Å². The minimum atomic E-state index is -0.845. The molecule has 0 radical (unpaired) electrons. The Kier molecular flexibility index (Phi) is 8.73. The van der Waals surface area contributed by atoms with Crippen LogP contribution in [0.4, 0.5) is 11.4 Å². The van der Waals surface area contributed by atoms with E-state index in [9.17, 15) is 5.26 Å². The molecular formula is C46H45N3O3S. The van der Waals surface area contributed by atoms with E-state index in [2.05, 4.69) is 127 Å². The number of thioether (sulfide) groups is 1. The van der Waals surface area contributed by atoms with E-state index in [1.807, 2.05) is 6.07 Å². The standard InChI is InChI=1S/C46H45N3O3S/c1-4-45(5-2)39-27-31(30-47)11-16-35(39)42-37-28-40(49-21-25-51-26-22-49)41(53-3)29-38(37)44-36(43(42)45)17-18-46(52-44,32-9-7-6-8-10-32)33-12-14-34(15-13-33)48-19-23-50-24-20-48/h6-18,27-29H,4-5,19-26H2,1-3H3. The highest BCUT2D eigenvalue weighted by molar-refractivity contribution is 7.98. The molecule has 6 nitrogen and oxygen atoms in total. The van der Waals surface area contributed by atoms with Crippen molar-refractivity contribution in [3.63, 3.8) is 0 Å². The van der Waals surface area contributed by atoms with Crippen LogP contribution in [-0.4, -0.2) is 58.9 Å². The first-order chi connectivity index (χ1) is 26.0. The van der Waals surface area contributed by atoms with Crippen molar-refractivity contribution in [2.24, 2.45) is 0 Å². The number of fused-ring (bicyclic) bond motifs is 8. The molecule has 268 valence electrons. The van der Waals surface area contributed by atoms with E-state index >= 15 is 0 Å². The summed E-state index contributed by atoms with van der Waals surface area (Å²) in [5, 5.41) is 12.4. The zero-order valence-electron chi connectivity index (χ0n) is 30.8. The zero-order valence-corrected chi connectivity index (χ0v) is 31.6. The van der Waals surface area contributed by atoms with Crippen LogP contribution in [0.25, 0.3) is 28.0 Å². The quantitative estimate of drug-likeness (QED) is 0.155. The van der Waals surface area contributed by atoms with E-state index < -0.39 is 5.60 Å². The SMILES string of the molecule is CCC1(CC)c2cc(C#N)ccc2-c2c1c1c(c3cc(SC)c(N4CCOCC4)cc23)OC(c2ccccc2)(c2ccc(N3CCOCC3)cc2)C=C1. The van der Waals surface area contributed by atoms with Crippen LogP contribution in [0.15, 0.2) is 95.9 Å². The molecular weight excluding hydrogens is 675 g/mol. The number of morpholine rings is 2. The lowest BCUT2D eigenvalue weighted by molar-refractivity contribution is 0.122. The van der Waals surface area contributed by atoms with Gasteiger partial charge in [0.05, 0.1) is 43.7 Å². The second kappa shape index (κ2) is 13.6. The number of benzene rings is 5. The van der Waals surface area contributed by atoms with Crippen LogP contribution in [0.1, 0.15) is 60.1 Å². The van der Waals surface area contributed by atoms with E-state index in [0.29, 0.717) is 5.56 Å². The first kappa shape index (κ1) is 34.1. The van der Waals surface area contributed by atoms with Crippen molar-refractivity contribution in [2.75, 3.05) is 68.7 Å². The number of hydrogen-bond donors (Lipinski definition) is 0. The summed E-state index contributed by atoms with van der Waals surface area (Å²) in [6.45, 7) is 11.0. The molecule has 1 aliphatic carbocycles. The summed E-state index contributed by atoms with van der Waals surface area (Å²) < 4.78 is 19.1. The second-order valence-corrected chi connectivity index (χ2v) is 15.4. The predicted molar refractivity (Wildman–Crippen MR) is 217 cm³/mol. The number of nitriles is 1. The fraction of sp³-hybridized carbons (Fsp3) is 0.326. The van der Waals surface area contributed by atoms with E-state index in [1.165, 1.54) is 43.9 Å². The van der Waals surface area contributed by atoms with Crippen LogP contribution < -0.4 is 14.5 Å². The highest BCUT2D eigenvalue weighted by atomic mass is 32.2. The minimum absolute atomic E-state index is 0.270. The van der Waals surface area contributed by atoms with Crippen molar-refractivity contribution in [3.8, 4) is 22.9 Å². The smallest absolute Gasteiger partial charge is 0.178 e. The Labute approximate surface area is 317 Å². The highest BCUT2D eigenvalue weighted by Crippen LogP contribution is 2.61. The van der Waals surface area contributed by atoms with Gasteiger partial charge in [-0.2, -0.15) is 5.26 Å². The minimum Gasteiger partial charge on any atom is -0.472 e. The Hall–Kier alpha value is -4.74. The molecule has 7 heteroatoms. The Morgan fingerprint density at radius 2 is 1.45 bits per heavy atom. The van der Waals surface area contributed by atoms with Crippen LogP contribution in [-0.2, 0) is 20.5 Å². The maximum atomic E-state index is 10.1. The largest absolute Gasteiger partial charge is 0.472 e. The first-order valence-corrected chi connectivity index (χ1v) is 20.2. The lowest BCUT2D eigenvalue weighted by Crippen LogP contribution is -2.37. The second-order valence-electron chi connectivity index (χ2n) is 14.5. The van der Waals surface area contributed by atoms with E-state index in [4.69, 9.17) is 14.2 Å². The molecule has 53 heavy (non-hydrogen) atoms. The summed E-state index contributed by atoms with van der Waals surface area (Å²) in [7, 11) is 0. The van der Waals surface area contributed by atoms with Crippen LogP contribution in [0.5, 0.6) is 5.75 Å². The molecule has 0 N–H and O–H groups in total. The average molecular weight is 720 g/mol. The molecule has 5 aromatic rings. The van der Waals surface area contributed by atoms with Gasteiger partial charge in [0.1, 0.15) is 5.75 Å². The van der Waals surface area contributed by atoms with E-state index in [0.717, 1.165) is 93.3 Å². The Morgan fingerprint density at radius 1 is 0.774 bits per heavy atom. The number of hydrogen-bond acceptors (Lipinski definition) is 7. The molecule has 4 aliphatic rings. The summed E-state index contributed by atoms with van der Waals surface area (Å²) in [5.41, 5.74) is 10.4. The fourth-order valence-corrected chi connectivity index (χ4v) is 10.0. The van der Waals surface area contributed by atoms with Gasteiger partial charge in [0.15, 0.2) is 5.60 Å². The van der Waals surface area contributed by atoms with Crippen LogP contribution in [0.3, 0.4) is 0 Å². The highest BCUT2D eigenvalue weighted by Gasteiger charge is 2.47. The van der Waals surface area contributed by atoms with Crippen molar-refractivity contribution < 1.29 is 14.2 Å². The molecule has 9 rings (SSSR count). The molecule has 3 aliphatic heterocycles. The molecule has 5 aromatic carbocycles. The van der Waals surface area contributed by atoms with E-state index in [-0.39, 0.29) is 5.41 Å². The van der Waals surface area contributed by atoms with Gasteiger partial charge in [-0.25, -0.2) is 0 Å². The topological polar surface area (TPSA) is 58.0 Å². The number of nitrogens with zero attached hydrogens (tertiary/aromatic N) is 3. The molecule has 0 amide bonds. The third kappa shape index (κ3) is 5.29. The third-order valence-corrected chi connectivity index (χ3v) is 13.0. The predicted octanol–water partition coefficient (Wildman–Crippen LogP) is 9.54.